The Morgan fingerprint density at radius 1 is 1.45 bits per heavy atom. The van der Waals surface area contributed by atoms with Crippen molar-refractivity contribution in [1.29, 1.82) is 0 Å². The molecule has 0 saturated carbocycles. The molecule has 2 aromatic rings. The Labute approximate surface area is 72.1 Å². The van der Waals surface area contributed by atoms with Gasteiger partial charge in [0.25, 0.3) is 0 Å². The van der Waals surface area contributed by atoms with Crippen LogP contribution in [0.1, 0.15) is 0 Å². The number of nitrogens with zero attached hydrogens (tertiary/aromatic N) is 2. The lowest BCUT2D eigenvalue weighted by Gasteiger charge is -1.84. The first-order valence-electron chi connectivity index (χ1n) is 2.96. The van der Waals surface area contributed by atoms with Gasteiger partial charge >= 0.3 is 0 Å². The highest BCUT2D eigenvalue weighted by atomic mass is 35.5. The van der Waals surface area contributed by atoms with Crippen molar-refractivity contribution in [3.8, 4) is 10.6 Å². The number of imidazole rings is 1. The van der Waals surface area contributed by atoms with Crippen molar-refractivity contribution >= 4 is 22.9 Å². The first-order chi connectivity index (χ1) is 5.36. The highest BCUT2D eigenvalue weighted by Crippen LogP contribution is 2.26. The topological polar surface area (TPSA) is 41.6 Å². The molecule has 56 valence electrons. The average molecular weight is 186 g/mol. The molecule has 0 aliphatic heterocycles. The molecule has 11 heavy (non-hydrogen) atoms. The van der Waals surface area contributed by atoms with Gasteiger partial charge in [0, 0.05) is 6.20 Å². The van der Waals surface area contributed by atoms with E-state index in [2.05, 4.69) is 15.0 Å². The maximum absolute atomic E-state index is 5.65. The molecule has 2 aromatic heterocycles. The molecule has 3 nitrogen and oxygen atoms in total. The zero-order valence-corrected chi connectivity index (χ0v) is 6.99. The fraction of sp³-hybridized carbons (Fsp3) is 0. The SMILES string of the molecule is Clc1ncc(-c2cnc[nH]2)s1. The van der Waals surface area contributed by atoms with Crippen molar-refractivity contribution in [3.05, 3.63) is 23.2 Å². The monoisotopic (exact) mass is 185 g/mol. The van der Waals surface area contributed by atoms with Gasteiger partial charge in [0.15, 0.2) is 4.47 Å². The van der Waals surface area contributed by atoms with Gasteiger partial charge in [-0.3, -0.25) is 0 Å². The largest absolute Gasteiger partial charge is 0.344 e. The summed E-state index contributed by atoms with van der Waals surface area (Å²) in [5.74, 6) is 0. The molecule has 1 N–H and O–H groups in total. The summed E-state index contributed by atoms with van der Waals surface area (Å²) < 4.78 is 0.551. The maximum Gasteiger partial charge on any atom is 0.184 e. The van der Waals surface area contributed by atoms with Gasteiger partial charge in [-0.05, 0) is 0 Å². The third-order valence-electron chi connectivity index (χ3n) is 1.24. The molecule has 0 radical (unpaired) electrons. The Morgan fingerprint density at radius 2 is 2.36 bits per heavy atom. The van der Waals surface area contributed by atoms with Crippen LogP contribution in [0.2, 0.25) is 4.47 Å². The standard InChI is InChI=1S/C6H4ClN3S/c7-6-9-2-5(11-6)4-1-8-3-10-4/h1-3H,(H,8,10). The highest BCUT2D eigenvalue weighted by molar-refractivity contribution is 7.18. The van der Waals surface area contributed by atoms with E-state index in [1.54, 1.807) is 18.7 Å². The Bertz CT molecular complexity index is 340. The Morgan fingerprint density at radius 3 is 2.91 bits per heavy atom. The Balaban J connectivity index is 2.45. The van der Waals surface area contributed by atoms with Crippen LogP contribution in [0, 0.1) is 0 Å². The zero-order valence-electron chi connectivity index (χ0n) is 5.41. The summed E-state index contributed by atoms with van der Waals surface area (Å²) in [6.07, 6.45) is 5.09. The highest BCUT2D eigenvalue weighted by Gasteiger charge is 2.02. The molecule has 0 aliphatic carbocycles. The minimum Gasteiger partial charge on any atom is -0.344 e. The van der Waals surface area contributed by atoms with Gasteiger partial charge in [-0.15, -0.1) is 11.3 Å². The van der Waals surface area contributed by atoms with Gasteiger partial charge in [-0.2, -0.15) is 0 Å². The quantitative estimate of drug-likeness (QED) is 0.740. The first-order valence-corrected chi connectivity index (χ1v) is 4.16. The number of hydrogen-bond donors (Lipinski definition) is 1. The fourth-order valence-corrected chi connectivity index (χ4v) is 1.68. The van der Waals surface area contributed by atoms with E-state index >= 15 is 0 Å². The summed E-state index contributed by atoms with van der Waals surface area (Å²) >= 11 is 7.08. The zero-order chi connectivity index (χ0) is 7.68. The van der Waals surface area contributed by atoms with Crippen LogP contribution in [-0.2, 0) is 0 Å². The number of H-pyrrole nitrogens is 1. The molecule has 0 saturated heterocycles. The van der Waals surface area contributed by atoms with E-state index in [1.807, 2.05) is 0 Å². The normalized spacial score (nSPS) is 10.3. The third-order valence-corrected chi connectivity index (χ3v) is 2.39. The fourth-order valence-electron chi connectivity index (χ4n) is 0.768. The molecule has 0 atom stereocenters. The van der Waals surface area contributed by atoms with Gasteiger partial charge in [0.2, 0.25) is 0 Å². The van der Waals surface area contributed by atoms with Crippen LogP contribution in [0.3, 0.4) is 0 Å². The molecule has 0 unspecified atom stereocenters. The van der Waals surface area contributed by atoms with Gasteiger partial charge in [0.05, 0.1) is 23.1 Å². The molecule has 0 spiro atoms. The molecule has 2 rings (SSSR count). The van der Waals surface area contributed by atoms with Gasteiger partial charge < -0.3 is 4.98 Å². The maximum atomic E-state index is 5.65. The molecule has 0 aromatic carbocycles. The summed E-state index contributed by atoms with van der Waals surface area (Å²) in [5.41, 5.74) is 0.953. The van der Waals surface area contributed by atoms with E-state index in [-0.39, 0.29) is 0 Å². The lowest BCUT2D eigenvalue weighted by molar-refractivity contribution is 1.31. The summed E-state index contributed by atoms with van der Waals surface area (Å²) in [6, 6.07) is 0. The number of hydrogen-bond acceptors (Lipinski definition) is 3. The van der Waals surface area contributed by atoms with Gasteiger partial charge in [-0.1, -0.05) is 11.6 Å². The number of aromatic nitrogens is 3. The lowest BCUT2D eigenvalue weighted by atomic mass is 10.4. The van der Waals surface area contributed by atoms with Crippen molar-refractivity contribution in [2.24, 2.45) is 0 Å². The predicted molar refractivity (Wildman–Crippen MR) is 44.7 cm³/mol. The second-order valence-electron chi connectivity index (χ2n) is 1.94. The number of rotatable bonds is 1. The van der Waals surface area contributed by atoms with E-state index in [1.165, 1.54) is 11.3 Å². The Kier molecular flexibility index (Phi) is 1.63. The molecule has 2 heterocycles. The van der Waals surface area contributed by atoms with E-state index in [0.717, 1.165) is 10.6 Å². The van der Waals surface area contributed by atoms with E-state index in [9.17, 15) is 0 Å². The number of halogens is 1. The molecule has 0 bridgehead atoms. The minimum atomic E-state index is 0.551. The van der Waals surface area contributed by atoms with Crippen molar-refractivity contribution in [2.75, 3.05) is 0 Å². The first kappa shape index (κ1) is 6.82. The molecule has 0 amide bonds. The van der Waals surface area contributed by atoms with Crippen LogP contribution in [0.25, 0.3) is 10.6 Å². The smallest absolute Gasteiger partial charge is 0.184 e. The average Bonchev–Trinajstić information content (AvgIpc) is 2.55. The van der Waals surface area contributed by atoms with Gasteiger partial charge in [-0.25, -0.2) is 9.97 Å². The van der Waals surface area contributed by atoms with E-state index in [0.29, 0.717) is 4.47 Å². The Hall–Kier alpha value is -0.870. The van der Waals surface area contributed by atoms with Crippen LogP contribution < -0.4 is 0 Å². The third kappa shape index (κ3) is 1.27. The van der Waals surface area contributed by atoms with Crippen LogP contribution in [0.4, 0.5) is 0 Å². The van der Waals surface area contributed by atoms with Crippen LogP contribution >= 0.6 is 22.9 Å². The molecular weight excluding hydrogens is 182 g/mol. The summed E-state index contributed by atoms with van der Waals surface area (Å²) in [4.78, 5) is 11.8. The van der Waals surface area contributed by atoms with Crippen LogP contribution in [0.5, 0.6) is 0 Å². The van der Waals surface area contributed by atoms with Crippen LogP contribution in [-0.4, -0.2) is 15.0 Å². The van der Waals surface area contributed by atoms with E-state index < -0.39 is 0 Å². The van der Waals surface area contributed by atoms with Crippen molar-refractivity contribution in [1.82, 2.24) is 15.0 Å². The van der Waals surface area contributed by atoms with Gasteiger partial charge in [0.1, 0.15) is 0 Å². The summed E-state index contributed by atoms with van der Waals surface area (Å²) in [5, 5.41) is 0. The molecule has 0 aliphatic rings. The molecule has 0 fully saturated rings. The molecular formula is C6H4ClN3S. The number of thiazole rings is 1. The van der Waals surface area contributed by atoms with Crippen molar-refractivity contribution in [3.63, 3.8) is 0 Å². The lowest BCUT2D eigenvalue weighted by Crippen LogP contribution is -1.66. The second-order valence-corrected chi connectivity index (χ2v) is 3.56. The van der Waals surface area contributed by atoms with Crippen molar-refractivity contribution in [2.45, 2.75) is 0 Å². The van der Waals surface area contributed by atoms with Crippen molar-refractivity contribution < 1.29 is 0 Å². The minimum absolute atomic E-state index is 0.551. The number of nitrogens with one attached hydrogen (secondary N) is 1. The molecule has 5 heteroatoms. The van der Waals surface area contributed by atoms with E-state index in [4.69, 9.17) is 11.6 Å². The van der Waals surface area contributed by atoms with Crippen LogP contribution in [0.15, 0.2) is 18.7 Å². The second kappa shape index (κ2) is 2.64. The summed E-state index contributed by atoms with van der Waals surface area (Å²) in [6.45, 7) is 0. The summed E-state index contributed by atoms with van der Waals surface area (Å²) in [7, 11) is 0. The predicted octanol–water partition coefficient (Wildman–Crippen LogP) is 2.19. The number of aromatic amines is 1.